The average molecular weight is 353 g/mol. The Bertz CT molecular complexity index is 747. The number of hydrogen-bond donors (Lipinski definition) is 0. The number of likely N-dealkylation sites (tertiary alicyclic amines) is 1. The molecule has 26 heavy (non-hydrogen) atoms. The molecular weight excluding hydrogens is 330 g/mol. The Morgan fingerprint density at radius 2 is 1.88 bits per heavy atom. The Hall–Kier alpha value is -2.99. The fourth-order valence-corrected chi connectivity index (χ4v) is 3.28. The molecule has 0 bridgehead atoms. The molecule has 1 amide bonds. The molecule has 0 aliphatic carbocycles. The van der Waals surface area contributed by atoms with E-state index in [-0.39, 0.29) is 30.2 Å². The van der Waals surface area contributed by atoms with Crippen LogP contribution in [0, 0.1) is 22.7 Å². The molecule has 0 aromatic heterocycles. The molecule has 136 valence electrons. The lowest BCUT2D eigenvalue weighted by molar-refractivity contribution is -0.139. The largest absolute Gasteiger partial charge is 0.493 e. The van der Waals surface area contributed by atoms with E-state index in [1.165, 1.54) is 13.2 Å². The summed E-state index contributed by atoms with van der Waals surface area (Å²) >= 11 is 0. The zero-order valence-corrected chi connectivity index (χ0v) is 15.4. The van der Waals surface area contributed by atoms with Gasteiger partial charge in [-0.15, -0.1) is 0 Å². The van der Waals surface area contributed by atoms with Crippen molar-refractivity contribution in [2.24, 2.45) is 0 Å². The smallest absolute Gasteiger partial charge is 0.260 e. The minimum atomic E-state index is -0.0537. The van der Waals surface area contributed by atoms with Crippen LogP contribution in [-0.2, 0) is 4.79 Å². The zero-order valence-electron chi connectivity index (χ0n) is 15.4. The van der Waals surface area contributed by atoms with Gasteiger partial charge < -0.3 is 14.4 Å². The first-order valence-corrected chi connectivity index (χ1v) is 8.64. The fraction of sp³-hybridized carbons (Fsp3) is 0.450. The molecule has 1 aromatic rings. The topological polar surface area (TPSA) is 86.3 Å². The first kappa shape index (κ1) is 19.3. The fourth-order valence-electron chi connectivity index (χ4n) is 3.28. The Kier molecular flexibility index (Phi) is 6.63. The lowest BCUT2D eigenvalue weighted by Crippen LogP contribution is -2.49. The summed E-state index contributed by atoms with van der Waals surface area (Å²) < 4.78 is 11.0. The SMILES string of the molecule is COc1cc(C=C(C#N)C#N)ccc1OCC(=O)N1C(C)CCCC1C. The Balaban J connectivity index is 2.10. The Labute approximate surface area is 154 Å². The van der Waals surface area contributed by atoms with Gasteiger partial charge in [0.15, 0.2) is 18.1 Å². The first-order chi connectivity index (χ1) is 12.5. The summed E-state index contributed by atoms with van der Waals surface area (Å²) in [5.74, 6) is 0.860. The molecule has 1 aliphatic heterocycles. The molecule has 0 spiro atoms. The van der Waals surface area contributed by atoms with Gasteiger partial charge in [-0.3, -0.25) is 4.79 Å². The number of ether oxygens (including phenoxy) is 2. The number of allylic oxidation sites excluding steroid dienone is 1. The number of nitriles is 2. The second-order valence-electron chi connectivity index (χ2n) is 6.41. The van der Waals surface area contributed by atoms with Crippen molar-refractivity contribution in [2.75, 3.05) is 13.7 Å². The number of piperidine rings is 1. The lowest BCUT2D eigenvalue weighted by Gasteiger charge is -2.39. The number of nitrogens with zero attached hydrogens (tertiary/aromatic N) is 3. The van der Waals surface area contributed by atoms with Crippen LogP contribution in [0.5, 0.6) is 11.5 Å². The molecule has 1 saturated heterocycles. The van der Waals surface area contributed by atoms with E-state index < -0.39 is 0 Å². The Morgan fingerprint density at radius 1 is 1.23 bits per heavy atom. The Morgan fingerprint density at radius 3 is 2.46 bits per heavy atom. The molecule has 1 aromatic carbocycles. The molecule has 1 aliphatic rings. The third kappa shape index (κ3) is 4.55. The van der Waals surface area contributed by atoms with E-state index in [4.69, 9.17) is 20.0 Å². The van der Waals surface area contributed by atoms with Crippen LogP contribution < -0.4 is 9.47 Å². The van der Waals surface area contributed by atoms with Gasteiger partial charge in [-0.25, -0.2) is 0 Å². The van der Waals surface area contributed by atoms with Gasteiger partial charge >= 0.3 is 0 Å². The normalized spacial score (nSPS) is 19.0. The van der Waals surface area contributed by atoms with Crippen molar-refractivity contribution >= 4 is 12.0 Å². The summed E-state index contributed by atoms with van der Waals surface area (Å²) in [4.78, 5) is 14.5. The second-order valence-corrected chi connectivity index (χ2v) is 6.41. The number of methoxy groups -OCH3 is 1. The maximum Gasteiger partial charge on any atom is 0.260 e. The van der Waals surface area contributed by atoms with Crippen molar-refractivity contribution in [3.63, 3.8) is 0 Å². The molecular formula is C20H23N3O3. The van der Waals surface area contributed by atoms with Gasteiger partial charge in [-0.05, 0) is 56.9 Å². The van der Waals surface area contributed by atoms with Gasteiger partial charge in [0.25, 0.3) is 5.91 Å². The minimum Gasteiger partial charge on any atom is -0.493 e. The molecule has 0 saturated carbocycles. The van der Waals surface area contributed by atoms with Gasteiger partial charge in [0, 0.05) is 12.1 Å². The van der Waals surface area contributed by atoms with Gasteiger partial charge in [-0.2, -0.15) is 10.5 Å². The third-order valence-corrected chi connectivity index (χ3v) is 4.57. The highest BCUT2D eigenvalue weighted by molar-refractivity contribution is 5.78. The highest BCUT2D eigenvalue weighted by atomic mass is 16.5. The summed E-state index contributed by atoms with van der Waals surface area (Å²) in [7, 11) is 1.50. The van der Waals surface area contributed by atoms with E-state index in [1.54, 1.807) is 18.2 Å². The summed E-state index contributed by atoms with van der Waals surface area (Å²) in [6, 6.07) is 9.13. The number of hydrogen-bond acceptors (Lipinski definition) is 5. The van der Waals surface area contributed by atoms with E-state index in [2.05, 4.69) is 13.8 Å². The number of benzene rings is 1. The molecule has 0 N–H and O–H groups in total. The van der Waals surface area contributed by atoms with E-state index >= 15 is 0 Å². The van der Waals surface area contributed by atoms with Crippen molar-refractivity contribution in [1.29, 1.82) is 10.5 Å². The molecule has 1 fully saturated rings. The van der Waals surface area contributed by atoms with Crippen LogP contribution >= 0.6 is 0 Å². The molecule has 0 radical (unpaired) electrons. The molecule has 6 heteroatoms. The quantitative estimate of drug-likeness (QED) is 0.758. The monoisotopic (exact) mass is 353 g/mol. The summed E-state index contributed by atoms with van der Waals surface area (Å²) in [5, 5.41) is 17.7. The van der Waals surface area contributed by atoms with Crippen LogP contribution in [0.25, 0.3) is 6.08 Å². The van der Waals surface area contributed by atoms with Gasteiger partial charge in [-0.1, -0.05) is 6.07 Å². The summed E-state index contributed by atoms with van der Waals surface area (Å²) in [6.45, 7) is 4.08. The molecule has 2 unspecified atom stereocenters. The lowest BCUT2D eigenvalue weighted by atomic mass is 9.97. The van der Waals surface area contributed by atoms with Crippen LogP contribution in [0.1, 0.15) is 38.7 Å². The first-order valence-electron chi connectivity index (χ1n) is 8.64. The van der Waals surface area contributed by atoms with Crippen molar-refractivity contribution in [2.45, 2.75) is 45.2 Å². The van der Waals surface area contributed by atoms with Crippen LogP contribution in [0.4, 0.5) is 0 Å². The van der Waals surface area contributed by atoms with E-state index in [9.17, 15) is 4.79 Å². The maximum absolute atomic E-state index is 12.6. The zero-order chi connectivity index (χ0) is 19.1. The van der Waals surface area contributed by atoms with Crippen LogP contribution in [0.2, 0.25) is 0 Å². The van der Waals surface area contributed by atoms with E-state index in [1.807, 2.05) is 17.0 Å². The van der Waals surface area contributed by atoms with Crippen LogP contribution in [0.15, 0.2) is 23.8 Å². The number of rotatable bonds is 5. The van der Waals surface area contributed by atoms with Gasteiger partial charge in [0.2, 0.25) is 0 Å². The van der Waals surface area contributed by atoms with Crippen molar-refractivity contribution in [3.8, 4) is 23.6 Å². The average Bonchev–Trinajstić information content (AvgIpc) is 2.64. The molecule has 6 nitrogen and oxygen atoms in total. The molecule has 1 heterocycles. The molecule has 2 rings (SSSR count). The minimum absolute atomic E-state index is 0.00368. The predicted molar refractivity (Wildman–Crippen MR) is 97.3 cm³/mol. The highest BCUT2D eigenvalue weighted by Crippen LogP contribution is 2.29. The van der Waals surface area contributed by atoms with E-state index in [0.29, 0.717) is 17.1 Å². The van der Waals surface area contributed by atoms with Crippen LogP contribution in [-0.4, -0.2) is 36.6 Å². The van der Waals surface area contributed by atoms with Gasteiger partial charge in [0.1, 0.15) is 17.7 Å². The van der Waals surface area contributed by atoms with Gasteiger partial charge in [0.05, 0.1) is 7.11 Å². The summed E-state index contributed by atoms with van der Waals surface area (Å²) in [5.41, 5.74) is 0.654. The van der Waals surface area contributed by atoms with Crippen LogP contribution in [0.3, 0.4) is 0 Å². The highest BCUT2D eigenvalue weighted by Gasteiger charge is 2.29. The second kappa shape index (κ2) is 8.92. The van der Waals surface area contributed by atoms with Crippen molar-refractivity contribution in [1.82, 2.24) is 4.90 Å². The number of amides is 1. The van der Waals surface area contributed by atoms with Crippen molar-refractivity contribution < 1.29 is 14.3 Å². The number of carbonyl (C=O) groups excluding carboxylic acids is 1. The number of carbonyl (C=O) groups is 1. The third-order valence-electron chi connectivity index (χ3n) is 4.57. The maximum atomic E-state index is 12.6. The predicted octanol–water partition coefficient (Wildman–Crippen LogP) is 3.29. The summed E-state index contributed by atoms with van der Waals surface area (Å²) in [6.07, 6.45) is 4.64. The van der Waals surface area contributed by atoms with E-state index in [0.717, 1.165) is 19.3 Å². The molecule has 2 atom stereocenters. The van der Waals surface area contributed by atoms with Crippen molar-refractivity contribution in [3.05, 3.63) is 29.3 Å². The standard InChI is InChI=1S/C20H23N3O3/c1-14-5-4-6-15(2)23(14)20(24)13-26-18-8-7-16(10-19(18)25-3)9-17(11-21)12-22/h7-10,14-15H,4-6,13H2,1-3H3.